The summed E-state index contributed by atoms with van der Waals surface area (Å²) in [6.45, 7) is 5.67. The smallest absolute Gasteiger partial charge is 0.409 e. The zero-order chi connectivity index (χ0) is 18.4. The summed E-state index contributed by atoms with van der Waals surface area (Å²) in [7, 11) is 0. The van der Waals surface area contributed by atoms with E-state index in [9.17, 15) is 4.79 Å². The Labute approximate surface area is 153 Å². The Balaban J connectivity index is 1.54. The van der Waals surface area contributed by atoms with E-state index < -0.39 is 0 Å². The number of hydrogen-bond donors (Lipinski definition) is 2. The van der Waals surface area contributed by atoms with Crippen molar-refractivity contribution in [3.8, 4) is 0 Å². The molecule has 0 atom stereocenters. The van der Waals surface area contributed by atoms with Gasteiger partial charge in [-0.25, -0.2) is 14.8 Å². The molecule has 1 fully saturated rings. The first-order valence-electron chi connectivity index (χ1n) is 8.98. The van der Waals surface area contributed by atoms with E-state index in [2.05, 4.69) is 39.7 Å². The second kappa shape index (κ2) is 8.51. The number of likely N-dealkylation sites (tertiary alicyclic amines) is 1. The van der Waals surface area contributed by atoms with E-state index in [4.69, 9.17) is 4.74 Å². The van der Waals surface area contributed by atoms with Crippen molar-refractivity contribution in [2.24, 2.45) is 0 Å². The number of ether oxygens (including phenoxy) is 1. The van der Waals surface area contributed by atoms with Gasteiger partial charge in [0.25, 0.3) is 0 Å². The highest BCUT2D eigenvalue weighted by molar-refractivity contribution is 5.67. The Bertz CT molecular complexity index is 727. The predicted molar refractivity (Wildman–Crippen MR) is 102 cm³/mol. The van der Waals surface area contributed by atoms with Gasteiger partial charge in [0.15, 0.2) is 0 Å². The molecule has 7 nitrogen and oxygen atoms in total. The zero-order valence-electron chi connectivity index (χ0n) is 15.2. The first-order valence-corrected chi connectivity index (χ1v) is 8.98. The normalized spacial score (nSPS) is 14.8. The molecule has 138 valence electrons. The number of carbonyl (C=O) groups excluding carboxylic acids is 1. The summed E-state index contributed by atoms with van der Waals surface area (Å²) in [5, 5.41) is 6.72. The van der Waals surface area contributed by atoms with Gasteiger partial charge in [0.2, 0.25) is 0 Å². The van der Waals surface area contributed by atoms with E-state index >= 15 is 0 Å². The van der Waals surface area contributed by atoms with Gasteiger partial charge >= 0.3 is 6.09 Å². The Morgan fingerprint density at radius 2 is 1.88 bits per heavy atom. The molecule has 1 saturated heterocycles. The minimum atomic E-state index is -0.224. The topological polar surface area (TPSA) is 79.4 Å². The molecule has 1 aromatic heterocycles. The molecule has 2 aromatic rings. The summed E-state index contributed by atoms with van der Waals surface area (Å²) in [6.07, 6.45) is 3.05. The molecular weight excluding hydrogens is 330 g/mol. The molecule has 2 N–H and O–H groups in total. The number of piperidine rings is 1. The maximum absolute atomic E-state index is 11.8. The lowest BCUT2D eigenvalue weighted by atomic mass is 10.1. The molecule has 1 amide bonds. The number of aromatic nitrogens is 2. The van der Waals surface area contributed by atoms with Gasteiger partial charge in [0.1, 0.15) is 18.0 Å². The lowest BCUT2D eigenvalue weighted by molar-refractivity contribution is 0.0983. The van der Waals surface area contributed by atoms with Crippen LogP contribution < -0.4 is 10.6 Å². The van der Waals surface area contributed by atoms with Crippen molar-refractivity contribution in [2.45, 2.75) is 32.7 Å². The molecule has 0 bridgehead atoms. The second-order valence-corrected chi connectivity index (χ2v) is 6.38. The fourth-order valence-corrected chi connectivity index (χ4v) is 2.92. The number of carbonyl (C=O) groups is 1. The minimum Gasteiger partial charge on any atom is -0.450 e. The van der Waals surface area contributed by atoms with Gasteiger partial charge in [-0.3, -0.25) is 0 Å². The molecule has 0 aliphatic carbocycles. The van der Waals surface area contributed by atoms with E-state index in [1.54, 1.807) is 11.2 Å². The van der Waals surface area contributed by atoms with Crippen LogP contribution in [0.5, 0.6) is 0 Å². The molecule has 0 unspecified atom stereocenters. The number of nitrogens with zero attached hydrogens (tertiary/aromatic N) is 3. The largest absolute Gasteiger partial charge is 0.450 e. The lowest BCUT2D eigenvalue weighted by Gasteiger charge is -2.31. The monoisotopic (exact) mass is 355 g/mol. The molecule has 0 radical (unpaired) electrons. The zero-order valence-corrected chi connectivity index (χ0v) is 15.2. The van der Waals surface area contributed by atoms with Crippen molar-refractivity contribution in [3.05, 3.63) is 42.2 Å². The minimum absolute atomic E-state index is 0.224. The van der Waals surface area contributed by atoms with Gasteiger partial charge in [-0.15, -0.1) is 0 Å². The SMILES string of the molecule is CCOC(=O)N1CCC(Nc2cc(Nc3ccc(C)cc3)ncn2)CC1. The number of hydrogen-bond acceptors (Lipinski definition) is 6. The number of aryl methyl sites for hydroxylation is 1. The molecular formula is C19H25N5O2. The van der Waals surface area contributed by atoms with Crippen LogP contribution in [0.3, 0.4) is 0 Å². The molecule has 1 aromatic carbocycles. The second-order valence-electron chi connectivity index (χ2n) is 6.38. The van der Waals surface area contributed by atoms with Crippen LogP contribution in [0, 0.1) is 6.92 Å². The van der Waals surface area contributed by atoms with Crippen LogP contribution in [-0.2, 0) is 4.74 Å². The van der Waals surface area contributed by atoms with Crippen LogP contribution in [0.4, 0.5) is 22.1 Å². The van der Waals surface area contributed by atoms with Crippen molar-refractivity contribution < 1.29 is 9.53 Å². The Morgan fingerprint density at radius 1 is 1.19 bits per heavy atom. The molecule has 1 aliphatic rings. The molecule has 2 heterocycles. The average molecular weight is 355 g/mol. The number of nitrogens with one attached hydrogen (secondary N) is 2. The first kappa shape index (κ1) is 18.0. The molecule has 7 heteroatoms. The fraction of sp³-hybridized carbons (Fsp3) is 0.421. The van der Waals surface area contributed by atoms with Gasteiger partial charge in [-0.05, 0) is 38.8 Å². The predicted octanol–water partition coefficient (Wildman–Crippen LogP) is 3.56. The van der Waals surface area contributed by atoms with Crippen molar-refractivity contribution >= 4 is 23.4 Å². The van der Waals surface area contributed by atoms with Gasteiger partial charge in [0, 0.05) is 30.9 Å². The maximum Gasteiger partial charge on any atom is 0.409 e. The summed E-state index contributed by atoms with van der Waals surface area (Å²) in [5.41, 5.74) is 2.21. The van der Waals surface area contributed by atoms with E-state index in [1.165, 1.54) is 5.56 Å². The number of amides is 1. The van der Waals surface area contributed by atoms with Crippen molar-refractivity contribution in [1.82, 2.24) is 14.9 Å². The molecule has 0 spiro atoms. The van der Waals surface area contributed by atoms with Crippen LogP contribution in [0.25, 0.3) is 0 Å². The fourth-order valence-electron chi connectivity index (χ4n) is 2.92. The summed E-state index contributed by atoms with van der Waals surface area (Å²) in [4.78, 5) is 22.1. The van der Waals surface area contributed by atoms with Gasteiger partial charge < -0.3 is 20.3 Å². The standard InChI is InChI=1S/C19H25N5O2/c1-3-26-19(25)24-10-8-16(9-11-24)23-18-12-17(20-13-21-18)22-15-6-4-14(2)5-7-15/h4-7,12-13,16H,3,8-11H2,1-2H3,(H2,20,21,22,23). The van der Waals surface area contributed by atoms with Crippen molar-refractivity contribution in [1.29, 1.82) is 0 Å². The van der Waals surface area contributed by atoms with Crippen LogP contribution in [-0.4, -0.2) is 46.7 Å². The number of benzene rings is 1. The quantitative estimate of drug-likeness (QED) is 0.854. The lowest BCUT2D eigenvalue weighted by Crippen LogP contribution is -2.42. The third kappa shape index (κ3) is 4.84. The van der Waals surface area contributed by atoms with Gasteiger partial charge in [-0.1, -0.05) is 17.7 Å². The van der Waals surface area contributed by atoms with Crippen LogP contribution in [0.15, 0.2) is 36.7 Å². The number of anilines is 3. The Morgan fingerprint density at radius 3 is 2.58 bits per heavy atom. The average Bonchev–Trinajstić information content (AvgIpc) is 2.65. The van der Waals surface area contributed by atoms with E-state index in [0.717, 1.165) is 30.2 Å². The maximum atomic E-state index is 11.8. The van der Waals surface area contributed by atoms with Crippen LogP contribution in [0.2, 0.25) is 0 Å². The number of rotatable bonds is 5. The van der Waals surface area contributed by atoms with E-state index in [1.807, 2.05) is 25.1 Å². The van der Waals surface area contributed by atoms with Crippen LogP contribution in [0.1, 0.15) is 25.3 Å². The van der Waals surface area contributed by atoms with E-state index in [-0.39, 0.29) is 12.1 Å². The molecule has 1 aliphatic heterocycles. The van der Waals surface area contributed by atoms with Crippen molar-refractivity contribution in [3.63, 3.8) is 0 Å². The molecule has 26 heavy (non-hydrogen) atoms. The summed E-state index contributed by atoms with van der Waals surface area (Å²) < 4.78 is 5.05. The first-order chi connectivity index (χ1) is 12.6. The highest BCUT2D eigenvalue weighted by Crippen LogP contribution is 2.19. The molecule has 3 rings (SSSR count). The van der Waals surface area contributed by atoms with Gasteiger partial charge in [0.05, 0.1) is 6.61 Å². The summed E-state index contributed by atoms with van der Waals surface area (Å²) >= 11 is 0. The third-order valence-electron chi connectivity index (χ3n) is 4.36. The highest BCUT2D eigenvalue weighted by atomic mass is 16.6. The van der Waals surface area contributed by atoms with Crippen molar-refractivity contribution in [2.75, 3.05) is 30.3 Å². The molecule has 0 saturated carbocycles. The highest BCUT2D eigenvalue weighted by Gasteiger charge is 2.23. The third-order valence-corrected chi connectivity index (χ3v) is 4.36. The Hall–Kier alpha value is -2.83. The summed E-state index contributed by atoms with van der Waals surface area (Å²) in [6, 6.07) is 10.3. The van der Waals surface area contributed by atoms with E-state index in [0.29, 0.717) is 19.7 Å². The van der Waals surface area contributed by atoms with Gasteiger partial charge in [-0.2, -0.15) is 0 Å². The Kier molecular flexibility index (Phi) is 5.88. The summed E-state index contributed by atoms with van der Waals surface area (Å²) in [5.74, 6) is 1.53. The van der Waals surface area contributed by atoms with Crippen LogP contribution >= 0.6 is 0 Å².